The SMILES string of the molecule is CCCN[C@@H]1CC(=S)N2C[C@@H]3CCCN4CCC[C@@H]([C@H]34)[C@H]2C1. The Morgan fingerprint density at radius 2 is 2.05 bits per heavy atom. The normalized spacial score (nSPS) is 42.0. The zero-order valence-corrected chi connectivity index (χ0v) is 14.8. The van der Waals surface area contributed by atoms with Crippen LogP contribution < -0.4 is 5.32 Å². The summed E-state index contributed by atoms with van der Waals surface area (Å²) in [5.41, 5.74) is 0. The van der Waals surface area contributed by atoms with E-state index in [1.54, 1.807) is 0 Å². The zero-order valence-electron chi connectivity index (χ0n) is 14.0. The lowest BCUT2D eigenvalue weighted by molar-refractivity contribution is -0.0619. The lowest BCUT2D eigenvalue weighted by Crippen LogP contribution is -2.68. The van der Waals surface area contributed by atoms with E-state index in [1.165, 1.54) is 63.1 Å². The molecular weight excluding hydrogens is 290 g/mol. The molecule has 0 saturated carbocycles. The highest BCUT2D eigenvalue weighted by atomic mass is 32.1. The summed E-state index contributed by atoms with van der Waals surface area (Å²) in [4.78, 5) is 6.76. The van der Waals surface area contributed by atoms with Crippen LogP contribution in [0.1, 0.15) is 51.9 Å². The third kappa shape index (κ3) is 2.61. The molecule has 0 unspecified atom stereocenters. The van der Waals surface area contributed by atoms with Gasteiger partial charge in [0.2, 0.25) is 0 Å². The number of piperidine rings is 4. The third-order valence-electron chi connectivity index (χ3n) is 6.62. The number of nitrogens with zero attached hydrogens (tertiary/aromatic N) is 2. The van der Waals surface area contributed by atoms with Crippen LogP contribution in [0.3, 0.4) is 0 Å². The van der Waals surface area contributed by atoms with Gasteiger partial charge in [-0.15, -0.1) is 0 Å². The van der Waals surface area contributed by atoms with Crippen LogP contribution in [-0.4, -0.2) is 59.1 Å². The van der Waals surface area contributed by atoms with Crippen LogP contribution in [0, 0.1) is 11.8 Å². The number of thiocarbonyl (C=S) groups is 1. The first kappa shape index (κ1) is 15.3. The van der Waals surface area contributed by atoms with Gasteiger partial charge in [-0.25, -0.2) is 0 Å². The Morgan fingerprint density at radius 3 is 2.86 bits per heavy atom. The second-order valence-corrected chi connectivity index (χ2v) is 8.41. The fraction of sp³-hybridized carbons (Fsp3) is 0.944. The predicted molar refractivity (Wildman–Crippen MR) is 95.2 cm³/mol. The molecule has 0 amide bonds. The van der Waals surface area contributed by atoms with Crippen LogP contribution >= 0.6 is 12.2 Å². The zero-order chi connectivity index (χ0) is 15.1. The first-order valence-corrected chi connectivity index (χ1v) is 9.95. The summed E-state index contributed by atoms with van der Waals surface area (Å²) in [5.74, 6) is 1.75. The first-order chi connectivity index (χ1) is 10.8. The minimum absolute atomic E-state index is 0.629. The molecule has 0 bridgehead atoms. The molecule has 3 nitrogen and oxygen atoms in total. The Morgan fingerprint density at radius 1 is 1.23 bits per heavy atom. The van der Waals surface area contributed by atoms with E-state index < -0.39 is 0 Å². The van der Waals surface area contributed by atoms with Crippen LogP contribution in [0.15, 0.2) is 0 Å². The molecule has 22 heavy (non-hydrogen) atoms. The summed E-state index contributed by atoms with van der Waals surface area (Å²) < 4.78 is 0. The Bertz CT molecular complexity index is 425. The maximum Gasteiger partial charge on any atom is 0.0797 e. The number of rotatable bonds is 3. The molecule has 5 atom stereocenters. The van der Waals surface area contributed by atoms with Gasteiger partial charge in [-0.3, -0.25) is 4.90 Å². The van der Waals surface area contributed by atoms with Crippen molar-refractivity contribution in [1.29, 1.82) is 0 Å². The summed E-state index contributed by atoms with van der Waals surface area (Å²) in [7, 11) is 0. The monoisotopic (exact) mass is 321 g/mol. The van der Waals surface area contributed by atoms with Crippen molar-refractivity contribution < 1.29 is 0 Å². The van der Waals surface area contributed by atoms with Gasteiger partial charge in [0.1, 0.15) is 0 Å². The molecule has 4 rings (SSSR count). The molecule has 4 fully saturated rings. The van der Waals surface area contributed by atoms with E-state index in [0.29, 0.717) is 6.04 Å². The van der Waals surface area contributed by atoms with E-state index in [2.05, 4.69) is 22.0 Å². The van der Waals surface area contributed by atoms with Crippen LogP contribution in [0.5, 0.6) is 0 Å². The van der Waals surface area contributed by atoms with E-state index in [0.717, 1.165) is 36.9 Å². The molecule has 0 aromatic carbocycles. The smallest absolute Gasteiger partial charge is 0.0797 e. The third-order valence-corrected chi connectivity index (χ3v) is 7.02. The van der Waals surface area contributed by atoms with Crippen molar-refractivity contribution in [1.82, 2.24) is 15.1 Å². The molecule has 124 valence electrons. The van der Waals surface area contributed by atoms with E-state index in [4.69, 9.17) is 12.2 Å². The molecule has 0 aliphatic carbocycles. The van der Waals surface area contributed by atoms with Gasteiger partial charge in [0, 0.05) is 31.1 Å². The number of fused-ring (bicyclic) bond motifs is 2. The number of hydrogen-bond acceptors (Lipinski definition) is 3. The second kappa shape index (κ2) is 6.37. The Balaban J connectivity index is 1.54. The summed E-state index contributed by atoms with van der Waals surface area (Å²) >= 11 is 5.85. The molecule has 0 radical (unpaired) electrons. The Kier molecular flexibility index (Phi) is 4.44. The van der Waals surface area contributed by atoms with Gasteiger partial charge >= 0.3 is 0 Å². The average Bonchev–Trinajstić information content (AvgIpc) is 2.54. The van der Waals surface area contributed by atoms with Gasteiger partial charge in [-0.05, 0) is 70.0 Å². The number of hydrogen-bond donors (Lipinski definition) is 1. The minimum Gasteiger partial charge on any atom is -0.362 e. The van der Waals surface area contributed by atoms with Crippen molar-refractivity contribution in [3.8, 4) is 0 Å². The van der Waals surface area contributed by atoms with Gasteiger partial charge in [-0.1, -0.05) is 19.1 Å². The highest BCUT2D eigenvalue weighted by Gasteiger charge is 2.50. The molecule has 4 aliphatic rings. The molecule has 4 saturated heterocycles. The van der Waals surface area contributed by atoms with Crippen molar-refractivity contribution in [2.75, 3.05) is 26.2 Å². The molecule has 4 heterocycles. The van der Waals surface area contributed by atoms with E-state index >= 15 is 0 Å². The average molecular weight is 322 g/mol. The molecule has 0 aromatic heterocycles. The quantitative estimate of drug-likeness (QED) is 0.805. The summed E-state index contributed by atoms with van der Waals surface area (Å²) in [6.07, 6.45) is 9.31. The predicted octanol–water partition coefficient (Wildman–Crippen LogP) is 2.65. The summed E-state index contributed by atoms with van der Waals surface area (Å²) in [6, 6.07) is 2.22. The van der Waals surface area contributed by atoms with Gasteiger partial charge in [-0.2, -0.15) is 0 Å². The molecule has 0 spiro atoms. The van der Waals surface area contributed by atoms with Crippen molar-refractivity contribution in [3.63, 3.8) is 0 Å². The van der Waals surface area contributed by atoms with Crippen molar-refractivity contribution in [2.24, 2.45) is 11.8 Å². The number of nitrogens with one attached hydrogen (secondary N) is 1. The van der Waals surface area contributed by atoms with Gasteiger partial charge < -0.3 is 10.2 Å². The maximum atomic E-state index is 5.85. The van der Waals surface area contributed by atoms with Crippen LogP contribution in [0.25, 0.3) is 0 Å². The molecule has 1 N–H and O–H groups in total. The highest BCUT2D eigenvalue weighted by molar-refractivity contribution is 7.80. The lowest BCUT2D eigenvalue weighted by Gasteiger charge is -2.60. The van der Waals surface area contributed by atoms with E-state index in [-0.39, 0.29) is 0 Å². The Hall–Kier alpha value is -0.190. The fourth-order valence-electron chi connectivity index (χ4n) is 5.79. The molecule has 4 aliphatic heterocycles. The molecular formula is C18H31N3S. The van der Waals surface area contributed by atoms with Crippen LogP contribution in [0.4, 0.5) is 0 Å². The lowest BCUT2D eigenvalue weighted by atomic mass is 9.67. The van der Waals surface area contributed by atoms with E-state index in [1.807, 2.05) is 0 Å². The maximum absolute atomic E-state index is 5.85. The first-order valence-electron chi connectivity index (χ1n) is 9.55. The highest BCUT2D eigenvalue weighted by Crippen LogP contribution is 2.44. The summed E-state index contributed by atoms with van der Waals surface area (Å²) in [5, 5.41) is 3.75. The fourth-order valence-corrected chi connectivity index (χ4v) is 6.20. The van der Waals surface area contributed by atoms with Gasteiger partial charge in [0.25, 0.3) is 0 Å². The van der Waals surface area contributed by atoms with Crippen molar-refractivity contribution in [3.05, 3.63) is 0 Å². The minimum atomic E-state index is 0.629. The van der Waals surface area contributed by atoms with Crippen molar-refractivity contribution >= 4 is 17.2 Å². The molecule has 4 heteroatoms. The molecule has 0 aromatic rings. The standard InChI is InChI=1S/C18H31N3S/c1-2-7-19-14-10-16-15-6-4-9-20-8-3-5-13(18(15)20)12-21(16)17(22)11-14/h13-16,18-19H,2-12H2,1H3/t13-,14-,15+,16+,18-/m0/s1. The second-order valence-electron chi connectivity index (χ2n) is 7.94. The largest absolute Gasteiger partial charge is 0.362 e. The van der Waals surface area contributed by atoms with Gasteiger partial charge in [0.15, 0.2) is 0 Å². The van der Waals surface area contributed by atoms with Gasteiger partial charge in [0.05, 0.1) is 4.99 Å². The van der Waals surface area contributed by atoms with Crippen molar-refractivity contribution in [2.45, 2.75) is 70.0 Å². The van der Waals surface area contributed by atoms with Crippen LogP contribution in [-0.2, 0) is 0 Å². The summed E-state index contributed by atoms with van der Waals surface area (Å²) in [6.45, 7) is 7.36. The van der Waals surface area contributed by atoms with Crippen LogP contribution in [0.2, 0.25) is 0 Å². The topological polar surface area (TPSA) is 18.5 Å². The Labute approximate surface area is 140 Å². The van der Waals surface area contributed by atoms with E-state index in [9.17, 15) is 0 Å².